The highest BCUT2D eigenvalue weighted by Crippen LogP contribution is 2.17. The molecule has 160 valence electrons. The van der Waals surface area contributed by atoms with Crippen LogP contribution in [0.1, 0.15) is 36.2 Å². The number of benzene rings is 1. The van der Waals surface area contributed by atoms with Gasteiger partial charge >= 0.3 is 5.97 Å². The van der Waals surface area contributed by atoms with Crippen LogP contribution in [0.15, 0.2) is 42.6 Å². The fourth-order valence-corrected chi connectivity index (χ4v) is 3.46. The van der Waals surface area contributed by atoms with E-state index >= 15 is 0 Å². The molecule has 30 heavy (non-hydrogen) atoms. The maximum atomic E-state index is 12.8. The fraction of sp³-hybridized carbons (Fsp3) is 0.435. The number of hydrogen-bond donors (Lipinski definition) is 0. The highest BCUT2D eigenvalue weighted by molar-refractivity contribution is 5.89. The highest BCUT2D eigenvalue weighted by Gasteiger charge is 2.20. The first-order valence-corrected chi connectivity index (χ1v) is 10.5. The van der Waals surface area contributed by atoms with Crippen LogP contribution in [0.5, 0.6) is 5.75 Å². The van der Waals surface area contributed by atoms with E-state index in [-0.39, 0.29) is 11.9 Å². The zero-order valence-electron chi connectivity index (χ0n) is 17.7. The topological polar surface area (TPSA) is 72.0 Å². The van der Waals surface area contributed by atoms with Crippen molar-refractivity contribution in [3.63, 3.8) is 0 Å². The van der Waals surface area contributed by atoms with Crippen molar-refractivity contribution >= 4 is 17.7 Å². The van der Waals surface area contributed by atoms with E-state index in [1.165, 1.54) is 0 Å². The van der Waals surface area contributed by atoms with Crippen molar-refractivity contribution in [2.24, 2.45) is 0 Å². The number of nitrogens with zero attached hydrogens (tertiary/aromatic N) is 3. The molecule has 0 bridgehead atoms. The van der Waals surface area contributed by atoms with Gasteiger partial charge in [0.15, 0.2) is 0 Å². The summed E-state index contributed by atoms with van der Waals surface area (Å²) in [6.07, 6.45) is 2.81. The monoisotopic (exact) mass is 411 g/mol. The van der Waals surface area contributed by atoms with Gasteiger partial charge in [0.25, 0.3) is 0 Å². The van der Waals surface area contributed by atoms with Crippen molar-refractivity contribution in [1.82, 2.24) is 9.88 Å². The molecule has 0 atom stereocenters. The molecule has 1 aromatic carbocycles. The highest BCUT2D eigenvalue weighted by atomic mass is 16.5. The molecule has 1 aliphatic rings. The average molecular weight is 412 g/mol. The van der Waals surface area contributed by atoms with Gasteiger partial charge in [-0.25, -0.2) is 9.78 Å². The van der Waals surface area contributed by atoms with Crippen molar-refractivity contribution in [2.45, 2.75) is 26.7 Å². The van der Waals surface area contributed by atoms with Gasteiger partial charge in [-0.3, -0.25) is 4.79 Å². The Hall–Kier alpha value is -3.09. The zero-order valence-corrected chi connectivity index (χ0v) is 17.7. The molecule has 0 aliphatic carbocycles. The molecule has 0 spiro atoms. The van der Waals surface area contributed by atoms with Crippen LogP contribution in [-0.4, -0.2) is 61.2 Å². The van der Waals surface area contributed by atoms with Crippen LogP contribution < -0.4 is 9.64 Å². The zero-order chi connectivity index (χ0) is 21.3. The van der Waals surface area contributed by atoms with E-state index < -0.39 is 0 Å². The van der Waals surface area contributed by atoms with E-state index in [1.54, 1.807) is 19.2 Å². The van der Waals surface area contributed by atoms with Gasteiger partial charge in [-0.15, -0.1) is 0 Å². The van der Waals surface area contributed by atoms with Crippen LogP contribution in [0.2, 0.25) is 0 Å². The van der Waals surface area contributed by atoms with Crippen molar-refractivity contribution in [1.29, 1.82) is 0 Å². The molecular formula is C23H29N3O4. The van der Waals surface area contributed by atoms with Crippen LogP contribution in [0, 0.1) is 0 Å². The Morgan fingerprint density at radius 1 is 0.967 bits per heavy atom. The van der Waals surface area contributed by atoms with E-state index in [4.69, 9.17) is 9.47 Å². The van der Waals surface area contributed by atoms with Gasteiger partial charge in [0.1, 0.15) is 11.6 Å². The van der Waals surface area contributed by atoms with Crippen LogP contribution in [0.25, 0.3) is 0 Å². The third-order valence-electron chi connectivity index (χ3n) is 5.02. The summed E-state index contributed by atoms with van der Waals surface area (Å²) < 4.78 is 10.5. The predicted octanol–water partition coefficient (Wildman–Crippen LogP) is 2.94. The normalized spacial score (nSPS) is 14.2. The van der Waals surface area contributed by atoms with E-state index in [0.29, 0.717) is 38.3 Å². The van der Waals surface area contributed by atoms with Gasteiger partial charge < -0.3 is 19.3 Å². The molecule has 0 unspecified atom stereocenters. The summed E-state index contributed by atoms with van der Waals surface area (Å²) in [6, 6.07) is 11.3. The second kappa shape index (κ2) is 10.6. The predicted molar refractivity (Wildman–Crippen MR) is 115 cm³/mol. The third-order valence-corrected chi connectivity index (χ3v) is 5.02. The Morgan fingerprint density at radius 2 is 1.77 bits per heavy atom. The summed E-state index contributed by atoms with van der Waals surface area (Å²) in [5.74, 6) is 1.40. The van der Waals surface area contributed by atoms with Crippen LogP contribution in [-0.2, 0) is 16.0 Å². The number of rotatable bonds is 7. The first-order chi connectivity index (χ1) is 14.6. The molecule has 2 heterocycles. The minimum Gasteiger partial charge on any atom is -0.494 e. The second-order valence-corrected chi connectivity index (χ2v) is 7.10. The number of hydrogen-bond acceptors (Lipinski definition) is 6. The van der Waals surface area contributed by atoms with Gasteiger partial charge in [-0.05, 0) is 50.1 Å². The lowest BCUT2D eigenvalue weighted by Crippen LogP contribution is -2.36. The lowest BCUT2D eigenvalue weighted by molar-refractivity contribution is -0.130. The molecule has 1 fully saturated rings. The van der Waals surface area contributed by atoms with Crippen molar-refractivity contribution in [2.75, 3.05) is 44.3 Å². The molecule has 1 aromatic heterocycles. The maximum absolute atomic E-state index is 12.8. The minimum atomic E-state index is -0.363. The molecule has 1 amide bonds. The number of aromatic nitrogens is 1. The van der Waals surface area contributed by atoms with E-state index in [2.05, 4.69) is 9.88 Å². The molecule has 0 radical (unpaired) electrons. The standard InChI is InChI=1S/C23H29N3O4/c1-3-29-20-9-6-18(7-10-20)16-22(27)26-13-5-12-25(14-15-26)21-11-8-19(17-24-21)23(28)30-4-2/h6-11,17H,3-5,12-16H2,1-2H3. The van der Waals surface area contributed by atoms with Crippen molar-refractivity contribution in [3.05, 3.63) is 53.7 Å². The van der Waals surface area contributed by atoms with E-state index in [9.17, 15) is 9.59 Å². The van der Waals surface area contributed by atoms with Gasteiger partial charge in [0, 0.05) is 32.4 Å². The quantitative estimate of drug-likeness (QED) is 0.653. The lowest BCUT2D eigenvalue weighted by atomic mass is 10.1. The molecule has 1 saturated heterocycles. The summed E-state index contributed by atoms with van der Waals surface area (Å²) >= 11 is 0. The molecule has 0 N–H and O–H groups in total. The molecule has 7 heteroatoms. The van der Waals surface area contributed by atoms with Crippen molar-refractivity contribution < 1.29 is 19.1 Å². The summed E-state index contributed by atoms with van der Waals surface area (Å²) in [4.78, 5) is 33.0. The smallest absolute Gasteiger partial charge is 0.339 e. The summed E-state index contributed by atoms with van der Waals surface area (Å²) in [5, 5.41) is 0. The second-order valence-electron chi connectivity index (χ2n) is 7.10. The average Bonchev–Trinajstić information content (AvgIpc) is 3.02. The van der Waals surface area contributed by atoms with Gasteiger partial charge in [0.05, 0.1) is 25.2 Å². The summed E-state index contributed by atoms with van der Waals surface area (Å²) in [5.41, 5.74) is 1.43. The Bertz CT molecular complexity index is 837. The third kappa shape index (κ3) is 5.72. The van der Waals surface area contributed by atoms with Gasteiger partial charge in [-0.1, -0.05) is 12.1 Å². The number of anilines is 1. The maximum Gasteiger partial charge on any atom is 0.339 e. The van der Waals surface area contributed by atoms with Crippen LogP contribution in [0.4, 0.5) is 5.82 Å². The Labute approximate surface area is 177 Å². The summed E-state index contributed by atoms with van der Waals surface area (Å²) in [6.45, 7) is 7.60. The largest absolute Gasteiger partial charge is 0.494 e. The minimum absolute atomic E-state index is 0.131. The molecule has 3 rings (SSSR count). The number of esters is 1. The van der Waals surface area contributed by atoms with Gasteiger partial charge in [-0.2, -0.15) is 0 Å². The SMILES string of the molecule is CCOC(=O)c1ccc(N2CCCN(C(=O)Cc3ccc(OCC)cc3)CC2)nc1. The number of ether oxygens (including phenoxy) is 2. The number of pyridine rings is 1. The van der Waals surface area contributed by atoms with E-state index in [0.717, 1.165) is 36.6 Å². The fourth-order valence-electron chi connectivity index (χ4n) is 3.46. The molecule has 0 saturated carbocycles. The van der Waals surface area contributed by atoms with Gasteiger partial charge in [0.2, 0.25) is 5.91 Å². The lowest BCUT2D eigenvalue weighted by Gasteiger charge is -2.23. The first-order valence-electron chi connectivity index (χ1n) is 10.5. The van der Waals surface area contributed by atoms with Crippen LogP contribution >= 0.6 is 0 Å². The molecule has 1 aliphatic heterocycles. The molecule has 7 nitrogen and oxygen atoms in total. The number of amides is 1. The summed E-state index contributed by atoms with van der Waals surface area (Å²) in [7, 11) is 0. The number of carbonyl (C=O) groups excluding carboxylic acids is 2. The Morgan fingerprint density at radius 3 is 2.43 bits per heavy atom. The Balaban J connectivity index is 1.55. The van der Waals surface area contributed by atoms with Crippen LogP contribution in [0.3, 0.4) is 0 Å². The first kappa shape index (κ1) is 21.6. The van der Waals surface area contributed by atoms with Crippen molar-refractivity contribution in [3.8, 4) is 5.75 Å². The van der Waals surface area contributed by atoms with E-state index in [1.807, 2.05) is 42.2 Å². The number of carbonyl (C=O) groups is 2. The molecule has 2 aromatic rings. The molecular weight excluding hydrogens is 382 g/mol. The Kier molecular flexibility index (Phi) is 7.65.